The molecule has 15 heavy (non-hydrogen) atoms. The topological polar surface area (TPSA) is 29.3 Å². The lowest BCUT2D eigenvalue weighted by atomic mass is 10.1. The Labute approximate surface area is 95.8 Å². The molecule has 1 atom stereocenters. The zero-order valence-corrected chi connectivity index (χ0v) is 9.96. The van der Waals surface area contributed by atoms with E-state index in [9.17, 15) is 0 Å². The van der Waals surface area contributed by atoms with Crippen molar-refractivity contribution in [2.45, 2.75) is 13.0 Å². The van der Waals surface area contributed by atoms with E-state index in [1.165, 1.54) is 30.2 Å². The third-order valence-electron chi connectivity index (χ3n) is 2.99. The summed E-state index contributed by atoms with van der Waals surface area (Å²) >= 11 is 2.05. The highest BCUT2D eigenvalue weighted by Crippen LogP contribution is 2.24. The molecular weight excluding hydrogens is 204 g/mol. The standard InChI is InChI=1S/C12H18N2S/c1-10(14-5-7-15-8-6-14)11-3-2-4-12(13)9-11/h2-4,9-10H,5-8,13H2,1H3. The van der Waals surface area contributed by atoms with Gasteiger partial charge < -0.3 is 5.73 Å². The van der Waals surface area contributed by atoms with E-state index in [-0.39, 0.29) is 0 Å². The highest BCUT2D eigenvalue weighted by molar-refractivity contribution is 7.99. The van der Waals surface area contributed by atoms with Crippen molar-refractivity contribution >= 4 is 17.4 Å². The summed E-state index contributed by atoms with van der Waals surface area (Å²) in [5, 5.41) is 0. The van der Waals surface area contributed by atoms with E-state index in [1.807, 2.05) is 23.9 Å². The summed E-state index contributed by atoms with van der Waals surface area (Å²) in [6.07, 6.45) is 0. The smallest absolute Gasteiger partial charge is 0.0321 e. The summed E-state index contributed by atoms with van der Waals surface area (Å²) < 4.78 is 0. The van der Waals surface area contributed by atoms with Crippen LogP contribution in [0.4, 0.5) is 5.69 Å². The third-order valence-corrected chi connectivity index (χ3v) is 3.93. The molecule has 1 fully saturated rings. The maximum atomic E-state index is 5.80. The molecule has 0 radical (unpaired) electrons. The van der Waals surface area contributed by atoms with Gasteiger partial charge in [-0.05, 0) is 24.6 Å². The van der Waals surface area contributed by atoms with Crippen LogP contribution in [0.3, 0.4) is 0 Å². The van der Waals surface area contributed by atoms with Crippen molar-refractivity contribution in [2.24, 2.45) is 0 Å². The molecule has 0 bridgehead atoms. The highest BCUT2D eigenvalue weighted by atomic mass is 32.2. The Morgan fingerprint density at radius 2 is 2.07 bits per heavy atom. The Hall–Kier alpha value is -0.670. The Morgan fingerprint density at radius 3 is 2.73 bits per heavy atom. The van der Waals surface area contributed by atoms with Gasteiger partial charge in [0.05, 0.1) is 0 Å². The summed E-state index contributed by atoms with van der Waals surface area (Å²) in [5.41, 5.74) is 8.00. The van der Waals surface area contributed by atoms with Crippen molar-refractivity contribution in [3.05, 3.63) is 29.8 Å². The van der Waals surface area contributed by atoms with E-state index in [1.54, 1.807) is 0 Å². The highest BCUT2D eigenvalue weighted by Gasteiger charge is 2.17. The van der Waals surface area contributed by atoms with Gasteiger partial charge in [-0.25, -0.2) is 0 Å². The number of benzene rings is 1. The zero-order valence-electron chi connectivity index (χ0n) is 9.15. The third kappa shape index (κ3) is 2.67. The molecule has 2 nitrogen and oxygen atoms in total. The Balaban J connectivity index is 2.08. The molecular formula is C12H18N2S. The molecule has 2 N–H and O–H groups in total. The fraction of sp³-hybridized carbons (Fsp3) is 0.500. The number of nitrogens with two attached hydrogens (primary N) is 1. The van der Waals surface area contributed by atoms with Gasteiger partial charge >= 0.3 is 0 Å². The van der Waals surface area contributed by atoms with Crippen LogP contribution in [0.1, 0.15) is 18.5 Å². The lowest BCUT2D eigenvalue weighted by Gasteiger charge is -2.32. The Kier molecular flexibility index (Phi) is 3.54. The van der Waals surface area contributed by atoms with Crippen LogP contribution in [0, 0.1) is 0 Å². The zero-order chi connectivity index (χ0) is 10.7. The van der Waals surface area contributed by atoms with Crippen LogP contribution in [0.15, 0.2) is 24.3 Å². The fourth-order valence-corrected chi connectivity index (χ4v) is 2.93. The number of nitrogens with zero attached hydrogens (tertiary/aromatic N) is 1. The predicted molar refractivity (Wildman–Crippen MR) is 68.2 cm³/mol. The minimum atomic E-state index is 0.495. The Bertz CT molecular complexity index is 321. The van der Waals surface area contributed by atoms with Gasteiger partial charge in [0.2, 0.25) is 0 Å². The molecule has 0 saturated carbocycles. The number of thioether (sulfide) groups is 1. The minimum absolute atomic E-state index is 0.495. The van der Waals surface area contributed by atoms with Crippen molar-refractivity contribution in [1.29, 1.82) is 0 Å². The SMILES string of the molecule is CC(c1cccc(N)c1)N1CCSCC1. The molecule has 3 heteroatoms. The number of hydrogen-bond acceptors (Lipinski definition) is 3. The van der Waals surface area contributed by atoms with E-state index in [0.717, 1.165) is 5.69 Å². The van der Waals surface area contributed by atoms with Gasteiger partial charge in [0.25, 0.3) is 0 Å². The first-order chi connectivity index (χ1) is 7.27. The molecule has 1 aliphatic rings. The second-order valence-corrected chi connectivity index (χ2v) is 5.22. The number of rotatable bonds is 2. The maximum Gasteiger partial charge on any atom is 0.0321 e. The van der Waals surface area contributed by atoms with E-state index in [4.69, 9.17) is 5.73 Å². The quantitative estimate of drug-likeness (QED) is 0.779. The molecule has 1 saturated heterocycles. The van der Waals surface area contributed by atoms with Crippen LogP contribution in [-0.4, -0.2) is 29.5 Å². The van der Waals surface area contributed by atoms with Gasteiger partial charge in [0.15, 0.2) is 0 Å². The van der Waals surface area contributed by atoms with E-state index >= 15 is 0 Å². The van der Waals surface area contributed by atoms with Gasteiger partial charge in [-0.1, -0.05) is 12.1 Å². The molecule has 1 heterocycles. The van der Waals surface area contributed by atoms with Crippen molar-refractivity contribution in [3.8, 4) is 0 Å². The average molecular weight is 222 g/mol. The lowest BCUT2D eigenvalue weighted by molar-refractivity contribution is 0.233. The van der Waals surface area contributed by atoms with Crippen LogP contribution < -0.4 is 5.73 Å². The first-order valence-corrected chi connectivity index (χ1v) is 6.60. The molecule has 0 amide bonds. The molecule has 1 aromatic rings. The van der Waals surface area contributed by atoms with Gasteiger partial charge in [-0.3, -0.25) is 4.90 Å². The van der Waals surface area contributed by atoms with Gasteiger partial charge in [-0.2, -0.15) is 11.8 Å². The van der Waals surface area contributed by atoms with Gasteiger partial charge in [0, 0.05) is 36.3 Å². The largest absolute Gasteiger partial charge is 0.399 e. The summed E-state index contributed by atoms with van der Waals surface area (Å²) in [6.45, 7) is 4.66. The number of nitrogen functional groups attached to an aromatic ring is 1. The van der Waals surface area contributed by atoms with Crippen molar-refractivity contribution in [2.75, 3.05) is 30.3 Å². The van der Waals surface area contributed by atoms with Crippen LogP contribution >= 0.6 is 11.8 Å². The number of anilines is 1. The molecule has 0 aliphatic carbocycles. The molecule has 82 valence electrons. The van der Waals surface area contributed by atoms with Crippen LogP contribution in [0.5, 0.6) is 0 Å². The summed E-state index contributed by atoms with van der Waals surface area (Å²) in [7, 11) is 0. The monoisotopic (exact) mass is 222 g/mol. The van der Waals surface area contributed by atoms with Gasteiger partial charge in [-0.15, -0.1) is 0 Å². The van der Waals surface area contributed by atoms with Crippen LogP contribution in [0.2, 0.25) is 0 Å². The normalized spacial score (nSPS) is 20.1. The van der Waals surface area contributed by atoms with Crippen LogP contribution in [0.25, 0.3) is 0 Å². The van der Waals surface area contributed by atoms with Gasteiger partial charge in [0.1, 0.15) is 0 Å². The minimum Gasteiger partial charge on any atom is -0.399 e. The Morgan fingerprint density at radius 1 is 1.33 bits per heavy atom. The summed E-state index contributed by atoms with van der Waals surface area (Å²) in [5.74, 6) is 2.51. The first kappa shape index (κ1) is 10.8. The van der Waals surface area contributed by atoms with Crippen LogP contribution in [-0.2, 0) is 0 Å². The van der Waals surface area contributed by atoms with Crippen molar-refractivity contribution in [3.63, 3.8) is 0 Å². The number of hydrogen-bond donors (Lipinski definition) is 1. The molecule has 1 unspecified atom stereocenters. The van der Waals surface area contributed by atoms with Crippen molar-refractivity contribution < 1.29 is 0 Å². The van der Waals surface area contributed by atoms with Crippen molar-refractivity contribution in [1.82, 2.24) is 4.90 Å². The average Bonchev–Trinajstić information content (AvgIpc) is 2.29. The van der Waals surface area contributed by atoms with E-state index < -0.39 is 0 Å². The summed E-state index contributed by atoms with van der Waals surface area (Å²) in [6, 6.07) is 8.74. The second kappa shape index (κ2) is 4.90. The molecule has 1 aromatic carbocycles. The lowest BCUT2D eigenvalue weighted by Crippen LogP contribution is -2.34. The second-order valence-electron chi connectivity index (χ2n) is 3.99. The molecule has 1 aliphatic heterocycles. The first-order valence-electron chi connectivity index (χ1n) is 5.44. The fourth-order valence-electron chi connectivity index (χ4n) is 1.99. The summed E-state index contributed by atoms with van der Waals surface area (Å²) in [4.78, 5) is 2.53. The van der Waals surface area contributed by atoms with E-state index in [2.05, 4.69) is 24.0 Å². The molecule has 0 aromatic heterocycles. The molecule has 2 rings (SSSR count). The van der Waals surface area contributed by atoms with E-state index in [0.29, 0.717) is 6.04 Å². The predicted octanol–water partition coefficient (Wildman–Crippen LogP) is 2.38. The maximum absolute atomic E-state index is 5.80. The molecule has 0 spiro atoms.